The van der Waals surface area contributed by atoms with Gasteiger partial charge in [-0.25, -0.2) is 0 Å². The van der Waals surface area contributed by atoms with Gasteiger partial charge in [-0.15, -0.1) is 0 Å². The van der Waals surface area contributed by atoms with Crippen molar-refractivity contribution in [2.75, 3.05) is 4.90 Å². The molecule has 4 aliphatic rings. The third-order valence-electron chi connectivity index (χ3n) is 14.4. The van der Waals surface area contributed by atoms with E-state index in [-0.39, 0.29) is 0 Å². The Morgan fingerprint density at radius 2 is 0.600 bits per heavy atom. The topological polar surface area (TPSA) is 21.7 Å². The molecule has 0 aromatic heterocycles. The van der Waals surface area contributed by atoms with E-state index in [2.05, 4.69) is 241 Å². The molecule has 2 aliphatic heterocycles. The highest BCUT2D eigenvalue weighted by molar-refractivity contribution is 5.96. The number of nitrogens with zero attached hydrogens (tertiary/aromatic N) is 1. The second kappa shape index (κ2) is 13.6. The van der Waals surface area contributed by atoms with Crippen LogP contribution in [0.1, 0.15) is 44.5 Å². The van der Waals surface area contributed by atoms with Crippen molar-refractivity contribution in [3.63, 3.8) is 0 Å². The fourth-order valence-corrected chi connectivity index (χ4v) is 11.9. The van der Waals surface area contributed by atoms with Gasteiger partial charge in [0, 0.05) is 39.2 Å². The molecule has 3 nitrogen and oxygen atoms in total. The molecule has 2 heterocycles. The maximum absolute atomic E-state index is 6.65. The van der Waals surface area contributed by atoms with E-state index in [1.807, 2.05) is 0 Å². The van der Waals surface area contributed by atoms with Gasteiger partial charge in [0.2, 0.25) is 0 Å². The Balaban J connectivity index is 1.03. The molecule has 2 spiro atoms. The molecule has 10 aromatic rings. The summed E-state index contributed by atoms with van der Waals surface area (Å²) in [4.78, 5) is 2.47. The summed E-state index contributed by atoms with van der Waals surface area (Å²) in [5.41, 5.74) is 19.0. The highest BCUT2D eigenvalue weighted by atomic mass is 16.5. The predicted molar refractivity (Wildman–Crippen MR) is 261 cm³/mol. The first-order chi connectivity index (χ1) is 32.2. The number of hydrogen-bond donors (Lipinski definition) is 0. The number of ether oxygens (including phenoxy) is 2. The Labute approximate surface area is 378 Å². The monoisotopic (exact) mass is 829 g/mol. The minimum atomic E-state index is -0.551. The van der Waals surface area contributed by atoms with E-state index >= 15 is 0 Å². The van der Waals surface area contributed by atoms with Crippen molar-refractivity contribution in [1.29, 1.82) is 0 Å². The van der Waals surface area contributed by atoms with Crippen molar-refractivity contribution in [3.8, 4) is 56.4 Å². The first-order valence-corrected chi connectivity index (χ1v) is 22.4. The maximum Gasteiger partial charge on any atom is 0.132 e. The summed E-state index contributed by atoms with van der Waals surface area (Å²) in [6.07, 6.45) is 0. The molecule has 0 fully saturated rings. The van der Waals surface area contributed by atoms with Crippen LogP contribution in [-0.4, -0.2) is 0 Å². The summed E-state index contributed by atoms with van der Waals surface area (Å²) >= 11 is 0. The first-order valence-electron chi connectivity index (χ1n) is 22.4. The first kappa shape index (κ1) is 36.1. The van der Waals surface area contributed by atoms with E-state index in [0.717, 1.165) is 73.4 Å². The fraction of sp³-hybridized carbons (Fsp3) is 0.0323. The Hall–Kier alpha value is -8.40. The summed E-state index contributed by atoms with van der Waals surface area (Å²) in [5.74, 6) is 3.56. The number of rotatable bonds is 4. The zero-order valence-corrected chi connectivity index (χ0v) is 35.3. The van der Waals surface area contributed by atoms with Crippen molar-refractivity contribution < 1.29 is 9.47 Å². The Bertz CT molecular complexity index is 3300. The Morgan fingerprint density at radius 1 is 0.262 bits per heavy atom. The number of hydrogen-bond acceptors (Lipinski definition) is 3. The van der Waals surface area contributed by atoms with Gasteiger partial charge in [-0.05, 0) is 105 Å². The van der Waals surface area contributed by atoms with Crippen LogP contribution in [0.2, 0.25) is 0 Å². The van der Waals surface area contributed by atoms with Crippen molar-refractivity contribution in [2.24, 2.45) is 0 Å². The largest absolute Gasteiger partial charge is 0.457 e. The molecule has 0 amide bonds. The quantitative estimate of drug-likeness (QED) is 0.176. The van der Waals surface area contributed by atoms with Crippen LogP contribution >= 0.6 is 0 Å². The molecule has 65 heavy (non-hydrogen) atoms. The molecule has 0 saturated heterocycles. The maximum atomic E-state index is 6.65. The molecule has 2 aliphatic carbocycles. The average molecular weight is 830 g/mol. The van der Waals surface area contributed by atoms with Crippen LogP contribution in [0.5, 0.6) is 23.0 Å². The SMILES string of the molecule is c1ccc(-c2ccccc2N(c2ccc3c(c2)-c2ccccc2C32c3ccccc3Oc3ccccc32)c2ccc3c(c2)-c2ccccc2C32c3ccccc3Oc3ccccc32)cc1. The second-order valence-electron chi connectivity index (χ2n) is 17.5. The second-order valence-corrected chi connectivity index (χ2v) is 17.5. The molecule has 14 rings (SSSR count). The molecule has 0 saturated carbocycles. The molecular weight excluding hydrogens is 791 g/mol. The molecule has 0 unspecified atom stereocenters. The standard InChI is InChI=1S/C62H39NO2/c1-2-18-40(19-3-1)43-20-6-13-29-56(43)63(41-34-36-50-46(38-41)44-21-4-7-23-48(44)61(50)52-25-9-14-30-57(52)64-58-31-15-10-26-53(58)61)42-35-37-51-47(39-42)45-22-5-8-24-49(45)62(51)54-27-11-16-32-59(54)65-60-33-17-12-28-55(60)62/h1-39H. The number of anilines is 3. The van der Waals surface area contributed by atoms with Gasteiger partial charge in [-0.2, -0.15) is 0 Å². The lowest BCUT2D eigenvalue weighted by molar-refractivity contribution is 0.436. The lowest BCUT2D eigenvalue weighted by Crippen LogP contribution is -2.32. The van der Waals surface area contributed by atoms with E-state index in [1.165, 1.54) is 44.5 Å². The van der Waals surface area contributed by atoms with Gasteiger partial charge in [-0.1, -0.05) is 182 Å². The Kier molecular flexibility index (Phi) is 7.53. The van der Waals surface area contributed by atoms with Gasteiger partial charge in [0.1, 0.15) is 23.0 Å². The van der Waals surface area contributed by atoms with Gasteiger partial charge < -0.3 is 14.4 Å². The lowest BCUT2D eigenvalue weighted by Gasteiger charge is -2.39. The predicted octanol–water partition coefficient (Wildman–Crippen LogP) is 15.8. The van der Waals surface area contributed by atoms with Crippen LogP contribution in [0.15, 0.2) is 237 Å². The van der Waals surface area contributed by atoms with E-state index in [0.29, 0.717) is 0 Å². The summed E-state index contributed by atoms with van der Waals surface area (Å²) in [5, 5.41) is 0. The minimum absolute atomic E-state index is 0.551. The third-order valence-corrected chi connectivity index (χ3v) is 14.4. The molecule has 0 radical (unpaired) electrons. The molecule has 3 heteroatoms. The van der Waals surface area contributed by atoms with Crippen molar-refractivity contribution in [1.82, 2.24) is 0 Å². The third kappa shape index (κ3) is 4.79. The van der Waals surface area contributed by atoms with E-state index in [4.69, 9.17) is 9.47 Å². The van der Waals surface area contributed by atoms with Gasteiger partial charge >= 0.3 is 0 Å². The van der Waals surface area contributed by atoms with Gasteiger partial charge in [-0.3, -0.25) is 0 Å². The van der Waals surface area contributed by atoms with Crippen LogP contribution < -0.4 is 14.4 Å². The highest BCUT2D eigenvalue weighted by Crippen LogP contribution is 2.65. The van der Waals surface area contributed by atoms with E-state index in [9.17, 15) is 0 Å². The smallest absolute Gasteiger partial charge is 0.132 e. The molecule has 0 N–H and O–H groups in total. The van der Waals surface area contributed by atoms with Crippen LogP contribution in [0.4, 0.5) is 17.1 Å². The zero-order valence-electron chi connectivity index (χ0n) is 35.3. The van der Waals surface area contributed by atoms with Crippen molar-refractivity contribution in [3.05, 3.63) is 281 Å². The van der Waals surface area contributed by atoms with Crippen LogP contribution in [0.3, 0.4) is 0 Å². The highest BCUT2D eigenvalue weighted by Gasteiger charge is 2.53. The molecule has 0 bridgehead atoms. The van der Waals surface area contributed by atoms with Gasteiger partial charge in [0.25, 0.3) is 0 Å². The van der Waals surface area contributed by atoms with Crippen molar-refractivity contribution >= 4 is 17.1 Å². The van der Waals surface area contributed by atoms with Gasteiger partial charge in [0.15, 0.2) is 0 Å². The van der Waals surface area contributed by atoms with E-state index < -0.39 is 10.8 Å². The van der Waals surface area contributed by atoms with Crippen LogP contribution in [0.25, 0.3) is 33.4 Å². The summed E-state index contributed by atoms with van der Waals surface area (Å²) in [6.45, 7) is 0. The average Bonchev–Trinajstić information content (AvgIpc) is 3.82. The van der Waals surface area contributed by atoms with Crippen molar-refractivity contribution in [2.45, 2.75) is 10.8 Å². The van der Waals surface area contributed by atoms with Crippen LogP contribution in [-0.2, 0) is 10.8 Å². The summed E-state index contributed by atoms with van der Waals surface area (Å²) in [6, 6.07) is 86.1. The molecule has 10 aromatic carbocycles. The number of para-hydroxylation sites is 5. The van der Waals surface area contributed by atoms with Crippen LogP contribution in [0, 0.1) is 0 Å². The lowest BCUT2D eigenvalue weighted by atomic mass is 9.66. The molecule has 0 atom stereocenters. The molecule has 304 valence electrons. The fourth-order valence-electron chi connectivity index (χ4n) is 11.9. The number of fused-ring (bicyclic) bond motifs is 18. The summed E-state index contributed by atoms with van der Waals surface area (Å²) < 4.78 is 13.3. The zero-order chi connectivity index (χ0) is 42.7. The number of benzene rings is 10. The summed E-state index contributed by atoms with van der Waals surface area (Å²) in [7, 11) is 0. The minimum Gasteiger partial charge on any atom is -0.457 e. The normalized spacial score (nSPS) is 14.3. The van der Waals surface area contributed by atoms with Gasteiger partial charge in [0.05, 0.1) is 16.5 Å². The van der Waals surface area contributed by atoms with E-state index in [1.54, 1.807) is 0 Å². The Morgan fingerprint density at radius 3 is 1.05 bits per heavy atom. The molecular formula is C62H39NO2.